The van der Waals surface area contributed by atoms with Crippen molar-refractivity contribution in [2.24, 2.45) is 0 Å². The van der Waals surface area contributed by atoms with E-state index < -0.39 is 0 Å². The zero-order valence-corrected chi connectivity index (χ0v) is 11.4. The third-order valence-corrected chi connectivity index (χ3v) is 3.18. The Hall–Kier alpha value is -1.27. The number of pyridine rings is 1. The van der Waals surface area contributed by atoms with Crippen molar-refractivity contribution in [3.8, 4) is 17.3 Å². The van der Waals surface area contributed by atoms with Crippen LogP contribution in [0.2, 0.25) is 15.1 Å². The Morgan fingerprint density at radius 2 is 1.78 bits per heavy atom. The molecule has 0 bridgehead atoms. The summed E-state index contributed by atoms with van der Waals surface area (Å²) >= 11 is 18.1. The number of halogens is 3. The molecule has 0 N–H and O–H groups in total. The van der Waals surface area contributed by atoms with Gasteiger partial charge in [0, 0.05) is 16.8 Å². The second-order valence-corrected chi connectivity index (χ2v) is 4.88. The van der Waals surface area contributed by atoms with Gasteiger partial charge in [-0.05, 0) is 29.8 Å². The monoisotopic (exact) mass is 296 g/mol. The first kappa shape index (κ1) is 13.2. The van der Waals surface area contributed by atoms with E-state index in [1.54, 1.807) is 30.5 Å². The third-order valence-electron chi connectivity index (χ3n) is 2.37. The zero-order valence-electron chi connectivity index (χ0n) is 9.12. The quantitative estimate of drug-likeness (QED) is 0.800. The van der Waals surface area contributed by atoms with Crippen LogP contribution in [0, 0.1) is 11.3 Å². The molecule has 0 unspecified atom stereocenters. The molecule has 0 atom stereocenters. The van der Waals surface area contributed by atoms with Crippen LogP contribution in [0.15, 0.2) is 30.5 Å². The highest BCUT2D eigenvalue weighted by atomic mass is 35.5. The first-order valence-corrected chi connectivity index (χ1v) is 6.22. The van der Waals surface area contributed by atoms with Crippen molar-refractivity contribution in [2.45, 2.75) is 6.42 Å². The molecule has 2 nitrogen and oxygen atoms in total. The summed E-state index contributed by atoms with van der Waals surface area (Å²) in [6, 6.07) is 8.89. The van der Waals surface area contributed by atoms with E-state index in [4.69, 9.17) is 40.1 Å². The highest BCUT2D eigenvalue weighted by Gasteiger charge is 2.11. The van der Waals surface area contributed by atoms with Crippen LogP contribution in [0.1, 0.15) is 5.56 Å². The van der Waals surface area contributed by atoms with Crippen LogP contribution in [-0.4, -0.2) is 4.98 Å². The fourth-order valence-corrected chi connectivity index (χ4v) is 2.61. The topological polar surface area (TPSA) is 36.7 Å². The normalized spacial score (nSPS) is 10.1. The van der Waals surface area contributed by atoms with E-state index in [1.807, 2.05) is 0 Å². The van der Waals surface area contributed by atoms with E-state index in [-0.39, 0.29) is 0 Å². The van der Waals surface area contributed by atoms with Gasteiger partial charge in [0.15, 0.2) is 0 Å². The molecule has 2 rings (SSSR count). The lowest BCUT2D eigenvalue weighted by Gasteiger charge is -2.08. The molecule has 18 heavy (non-hydrogen) atoms. The molecule has 0 aliphatic carbocycles. The van der Waals surface area contributed by atoms with Gasteiger partial charge < -0.3 is 0 Å². The van der Waals surface area contributed by atoms with E-state index in [0.717, 1.165) is 5.56 Å². The second kappa shape index (κ2) is 5.58. The molecule has 1 aromatic heterocycles. The van der Waals surface area contributed by atoms with E-state index in [0.29, 0.717) is 32.7 Å². The van der Waals surface area contributed by atoms with Crippen molar-refractivity contribution in [3.05, 3.63) is 51.1 Å². The SMILES string of the molecule is N#CCc1ccnc(-c2c(Cl)cc(Cl)cc2Cl)c1. The van der Waals surface area contributed by atoms with E-state index >= 15 is 0 Å². The molecular weight excluding hydrogens is 291 g/mol. The number of benzene rings is 1. The summed E-state index contributed by atoms with van der Waals surface area (Å²) < 4.78 is 0. The molecule has 0 fully saturated rings. The summed E-state index contributed by atoms with van der Waals surface area (Å²) in [4.78, 5) is 4.22. The molecule has 90 valence electrons. The van der Waals surface area contributed by atoms with E-state index in [9.17, 15) is 0 Å². The van der Waals surface area contributed by atoms with E-state index in [1.165, 1.54) is 0 Å². The van der Waals surface area contributed by atoms with Gasteiger partial charge in [0.05, 0.1) is 28.2 Å². The average molecular weight is 298 g/mol. The van der Waals surface area contributed by atoms with Gasteiger partial charge in [-0.15, -0.1) is 0 Å². The molecule has 1 aromatic carbocycles. The molecule has 2 aromatic rings. The number of nitrogens with zero attached hydrogens (tertiary/aromatic N) is 2. The summed E-state index contributed by atoms with van der Waals surface area (Å²) in [6.07, 6.45) is 1.95. The standard InChI is InChI=1S/C13H7Cl3N2/c14-9-6-10(15)13(11(16)7-9)12-5-8(1-3-17)2-4-18-12/h2,4-7H,1H2. The number of rotatable bonds is 2. The lowest BCUT2D eigenvalue weighted by Crippen LogP contribution is -1.89. The van der Waals surface area contributed by atoms with Gasteiger partial charge in [0.1, 0.15) is 0 Å². The summed E-state index contributed by atoms with van der Waals surface area (Å²) in [5.74, 6) is 0. The smallest absolute Gasteiger partial charge is 0.0735 e. The molecule has 1 heterocycles. The second-order valence-electron chi connectivity index (χ2n) is 3.63. The number of aromatic nitrogens is 1. The minimum absolute atomic E-state index is 0.318. The van der Waals surface area contributed by atoms with Gasteiger partial charge >= 0.3 is 0 Å². The van der Waals surface area contributed by atoms with E-state index in [2.05, 4.69) is 11.1 Å². The molecule has 0 aliphatic heterocycles. The van der Waals surface area contributed by atoms with Gasteiger partial charge in [0.2, 0.25) is 0 Å². The molecule has 5 heteroatoms. The summed E-state index contributed by atoms with van der Waals surface area (Å²) in [6.45, 7) is 0. The minimum atomic E-state index is 0.318. The Kier molecular flexibility index (Phi) is 4.08. The maximum Gasteiger partial charge on any atom is 0.0735 e. The van der Waals surface area contributed by atoms with Gasteiger partial charge in [0.25, 0.3) is 0 Å². The molecule has 0 spiro atoms. The van der Waals surface area contributed by atoms with Gasteiger partial charge in [-0.1, -0.05) is 34.8 Å². The third kappa shape index (κ3) is 2.76. The maximum atomic E-state index is 8.69. The predicted octanol–water partition coefficient (Wildman–Crippen LogP) is 4.77. The number of hydrogen-bond donors (Lipinski definition) is 0. The first-order chi connectivity index (χ1) is 8.61. The fourth-order valence-electron chi connectivity index (χ4n) is 1.60. The van der Waals surface area contributed by atoms with Gasteiger partial charge in [-0.3, -0.25) is 4.98 Å². The largest absolute Gasteiger partial charge is 0.256 e. The Bertz CT molecular complexity index is 609. The lowest BCUT2D eigenvalue weighted by atomic mass is 10.1. The molecule has 0 amide bonds. The number of nitriles is 1. The molecular formula is C13H7Cl3N2. The predicted molar refractivity (Wildman–Crippen MR) is 74.0 cm³/mol. The van der Waals surface area contributed by atoms with Crippen molar-refractivity contribution in [2.75, 3.05) is 0 Å². The van der Waals surface area contributed by atoms with Crippen LogP contribution >= 0.6 is 34.8 Å². The van der Waals surface area contributed by atoms with Crippen LogP contribution in [0.3, 0.4) is 0 Å². The van der Waals surface area contributed by atoms with Gasteiger partial charge in [-0.2, -0.15) is 5.26 Å². The minimum Gasteiger partial charge on any atom is -0.256 e. The lowest BCUT2D eigenvalue weighted by molar-refractivity contribution is 1.21. The van der Waals surface area contributed by atoms with Crippen molar-refractivity contribution < 1.29 is 0 Å². The van der Waals surface area contributed by atoms with Crippen LogP contribution < -0.4 is 0 Å². The van der Waals surface area contributed by atoms with Crippen molar-refractivity contribution >= 4 is 34.8 Å². The molecule has 0 saturated carbocycles. The summed E-state index contributed by atoms with van der Waals surface area (Å²) in [5, 5.41) is 10.0. The summed E-state index contributed by atoms with van der Waals surface area (Å²) in [7, 11) is 0. The fraction of sp³-hybridized carbons (Fsp3) is 0.0769. The van der Waals surface area contributed by atoms with Crippen LogP contribution in [0.4, 0.5) is 0 Å². The summed E-state index contributed by atoms with van der Waals surface area (Å²) in [5.41, 5.74) is 2.13. The number of hydrogen-bond acceptors (Lipinski definition) is 2. The average Bonchev–Trinajstić information content (AvgIpc) is 2.28. The molecule has 0 radical (unpaired) electrons. The molecule has 0 saturated heterocycles. The first-order valence-electron chi connectivity index (χ1n) is 5.08. The van der Waals surface area contributed by atoms with Crippen molar-refractivity contribution in [3.63, 3.8) is 0 Å². The Morgan fingerprint density at radius 1 is 1.11 bits per heavy atom. The highest BCUT2D eigenvalue weighted by molar-refractivity contribution is 6.41. The molecule has 0 aliphatic rings. The Morgan fingerprint density at radius 3 is 2.39 bits per heavy atom. The van der Waals surface area contributed by atoms with Crippen molar-refractivity contribution in [1.82, 2.24) is 4.98 Å². The Balaban J connectivity index is 2.56. The Labute approximate surface area is 120 Å². The maximum absolute atomic E-state index is 8.69. The van der Waals surface area contributed by atoms with Crippen LogP contribution in [-0.2, 0) is 6.42 Å². The van der Waals surface area contributed by atoms with Gasteiger partial charge in [-0.25, -0.2) is 0 Å². The van der Waals surface area contributed by atoms with Crippen LogP contribution in [0.5, 0.6) is 0 Å². The highest BCUT2D eigenvalue weighted by Crippen LogP contribution is 2.36. The van der Waals surface area contributed by atoms with Crippen molar-refractivity contribution in [1.29, 1.82) is 5.26 Å². The van der Waals surface area contributed by atoms with Crippen LogP contribution in [0.25, 0.3) is 11.3 Å². The zero-order chi connectivity index (χ0) is 13.1.